The summed E-state index contributed by atoms with van der Waals surface area (Å²) < 4.78 is 6.10. The first kappa shape index (κ1) is 12.0. The molecule has 0 saturated heterocycles. The van der Waals surface area contributed by atoms with Crippen LogP contribution in [-0.2, 0) is 14.9 Å². The third-order valence-corrected chi connectivity index (χ3v) is 3.87. The summed E-state index contributed by atoms with van der Waals surface area (Å²) in [5.41, 5.74) is 0.115. The summed E-state index contributed by atoms with van der Waals surface area (Å²) in [6.07, 6.45) is 3.43. The van der Waals surface area contributed by atoms with Gasteiger partial charge in [0.2, 0.25) is 0 Å². The molecule has 0 aliphatic heterocycles. The number of carbonyl (C=O) groups excluding carboxylic acids is 1. The molecule has 0 fully saturated rings. The summed E-state index contributed by atoms with van der Waals surface area (Å²) in [6, 6.07) is 1.90. The topological polar surface area (TPSA) is 52.1 Å². The summed E-state index contributed by atoms with van der Waals surface area (Å²) in [5.74, 6) is -0.244. The normalized spacial score (nSPS) is 11.7. The molecule has 2 aromatic rings. The molecule has 0 aliphatic rings. The highest BCUT2D eigenvalue weighted by atomic mass is 32.1. The maximum atomic E-state index is 11.9. The largest absolute Gasteiger partial charge is 0.465 e. The molecule has 90 valence electrons. The number of ether oxygens (including phenoxy) is 1. The van der Waals surface area contributed by atoms with Gasteiger partial charge in [0, 0.05) is 6.20 Å². The Morgan fingerprint density at radius 2 is 2.29 bits per heavy atom. The van der Waals surface area contributed by atoms with Crippen molar-refractivity contribution in [3.63, 3.8) is 0 Å². The predicted octanol–water partition coefficient (Wildman–Crippen LogP) is 2.53. The van der Waals surface area contributed by atoms with E-state index in [1.807, 2.05) is 19.9 Å². The minimum Gasteiger partial charge on any atom is -0.465 e. The summed E-state index contributed by atoms with van der Waals surface area (Å²) in [7, 11) is 0. The Bertz CT molecular complexity index is 515. The van der Waals surface area contributed by atoms with Crippen molar-refractivity contribution in [1.82, 2.24) is 9.97 Å². The van der Waals surface area contributed by atoms with Gasteiger partial charge in [-0.15, -0.1) is 11.3 Å². The van der Waals surface area contributed by atoms with Crippen molar-refractivity contribution in [1.29, 1.82) is 0 Å². The summed E-state index contributed by atoms with van der Waals surface area (Å²) in [4.78, 5) is 20.3. The van der Waals surface area contributed by atoms with E-state index in [0.29, 0.717) is 6.61 Å². The molecule has 2 rings (SSSR count). The van der Waals surface area contributed by atoms with Crippen LogP contribution in [0, 0.1) is 0 Å². The van der Waals surface area contributed by atoms with Crippen molar-refractivity contribution in [2.75, 3.05) is 6.61 Å². The van der Waals surface area contributed by atoms with Crippen LogP contribution in [0.5, 0.6) is 0 Å². The molecule has 0 aromatic carbocycles. The molecule has 2 aromatic heterocycles. The van der Waals surface area contributed by atoms with E-state index in [0.717, 1.165) is 15.2 Å². The van der Waals surface area contributed by atoms with Gasteiger partial charge in [0.25, 0.3) is 0 Å². The Morgan fingerprint density at radius 1 is 1.53 bits per heavy atom. The Hall–Kier alpha value is -1.49. The lowest BCUT2D eigenvalue weighted by molar-refractivity contribution is -0.148. The molecule has 0 N–H and O–H groups in total. The van der Waals surface area contributed by atoms with Gasteiger partial charge in [-0.25, -0.2) is 4.98 Å². The molecule has 17 heavy (non-hydrogen) atoms. The number of hydrogen-bond donors (Lipinski definition) is 0. The van der Waals surface area contributed by atoms with Gasteiger partial charge in [0.05, 0.1) is 23.0 Å². The van der Waals surface area contributed by atoms with Crippen molar-refractivity contribution in [2.45, 2.75) is 26.2 Å². The molecule has 0 saturated carbocycles. The van der Waals surface area contributed by atoms with Crippen LogP contribution in [0.1, 0.15) is 25.8 Å². The number of rotatable bonds is 3. The minimum absolute atomic E-state index is 0.244. The smallest absolute Gasteiger partial charge is 0.318 e. The monoisotopic (exact) mass is 250 g/mol. The van der Waals surface area contributed by atoms with Crippen molar-refractivity contribution in [3.8, 4) is 0 Å². The van der Waals surface area contributed by atoms with Crippen LogP contribution in [-0.4, -0.2) is 22.5 Å². The zero-order valence-corrected chi connectivity index (χ0v) is 10.9. The van der Waals surface area contributed by atoms with Crippen LogP contribution >= 0.6 is 11.3 Å². The Balaban J connectivity index is 2.41. The van der Waals surface area contributed by atoms with Crippen LogP contribution in [0.25, 0.3) is 10.2 Å². The van der Waals surface area contributed by atoms with Crippen LogP contribution in [0.15, 0.2) is 18.5 Å². The highest BCUT2D eigenvalue weighted by Crippen LogP contribution is 2.31. The third-order valence-electron chi connectivity index (χ3n) is 2.51. The Labute approximate surface area is 104 Å². The highest BCUT2D eigenvalue weighted by molar-refractivity contribution is 7.18. The van der Waals surface area contributed by atoms with E-state index in [4.69, 9.17) is 4.74 Å². The van der Waals surface area contributed by atoms with Gasteiger partial charge in [-0.05, 0) is 26.8 Å². The van der Waals surface area contributed by atoms with E-state index >= 15 is 0 Å². The Kier molecular flexibility index (Phi) is 3.11. The van der Waals surface area contributed by atoms with Crippen LogP contribution in [0.2, 0.25) is 0 Å². The quantitative estimate of drug-likeness (QED) is 0.785. The fraction of sp³-hybridized carbons (Fsp3) is 0.417. The standard InChI is InChI=1S/C12H14N2O2S/c1-4-16-11(15)12(2,3)10-14-8-7-13-6-5-9(8)17-10/h5-7H,4H2,1-3H3. The van der Waals surface area contributed by atoms with Crippen molar-refractivity contribution < 1.29 is 9.53 Å². The molecule has 0 spiro atoms. The average Bonchev–Trinajstić information content (AvgIpc) is 2.73. The molecular formula is C12H14N2O2S. The fourth-order valence-electron chi connectivity index (χ4n) is 1.45. The molecule has 0 unspecified atom stereocenters. The lowest BCUT2D eigenvalue weighted by Gasteiger charge is -2.19. The first-order valence-corrected chi connectivity index (χ1v) is 6.25. The summed E-state index contributed by atoms with van der Waals surface area (Å²) in [5, 5.41) is 0.763. The van der Waals surface area contributed by atoms with E-state index in [-0.39, 0.29) is 5.97 Å². The van der Waals surface area contributed by atoms with Crippen LogP contribution < -0.4 is 0 Å². The van der Waals surface area contributed by atoms with Gasteiger partial charge in [-0.1, -0.05) is 0 Å². The second kappa shape index (κ2) is 4.41. The molecule has 0 radical (unpaired) electrons. The molecule has 0 amide bonds. The number of carbonyl (C=O) groups is 1. The molecule has 0 atom stereocenters. The van der Waals surface area contributed by atoms with E-state index in [1.165, 1.54) is 11.3 Å². The zero-order chi connectivity index (χ0) is 12.5. The van der Waals surface area contributed by atoms with Crippen LogP contribution in [0.3, 0.4) is 0 Å². The van der Waals surface area contributed by atoms with E-state index in [2.05, 4.69) is 9.97 Å². The first-order chi connectivity index (χ1) is 8.05. The number of hydrogen-bond acceptors (Lipinski definition) is 5. The lowest BCUT2D eigenvalue weighted by Crippen LogP contribution is -2.30. The number of thiazole rings is 1. The molecule has 0 bridgehead atoms. The molecular weight excluding hydrogens is 236 g/mol. The van der Waals surface area contributed by atoms with Crippen molar-refractivity contribution in [2.24, 2.45) is 0 Å². The van der Waals surface area contributed by atoms with E-state index < -0.39 is 5.41 Å². The van der Waals surface area contributed by atoms with Gasteiger partial charge in [-0.2, -0.15) is 0 Å². The maximum absolute atomic E-state index is 11.9. The van der Waals surface area contributed by atoms with E-state index in [9.17, 15) is 4.79 Å². The Morgan fingerprint density at radius 3 is 2.94 bits per heavy atom. The summed E-state index contributed by atoms with van der Waals surface area (Å²) >= 11 is 1.51. The molecule has 2 heterocycles. The van der Waals surface area contributed by atoms with Crippen molar-refractivity contribution >= 4 is 27.5 Å². The number of aromatic nitrogens is 2. The minimum atomic E-state index is -0.709. The van der Waals surface area contributed by atoms with Gasteiger partial charge in [0.1, 0.15) is 10.4 Å². The van der Waals surface area contributed by atoms with Crippen molar-refractivity contribution in [3.05, 3.63) is 23.5 Å². The molecule has 4 nitrogen and oxygen atoms in total. The molecule has 5 heteroatoms. The molecule has 0 aliphatic carbocycles. The predicted molar refractivity (Wildman–Crippen MR) is 67.1 cm³/mol. The highest BCUT2D eigenvalue weighted by Gasteiger charge is 2.34. The number of pyridine rings is 1. The summed E-state index contributed by atoms with van der Waals surface area (Å²) in [6.45, 7) is 5.84. The van der Waals surface area contributed by atoms with Gasteiger partial charge < -0.3 is 4.74 Å². The average molecular weight is 250 g/mol. The van der Waals surface area contributed by atoms with Gasteiger partial charge in [-0.3, -0.25) is 9.78 Å². The number of esters is 1. The fourth-order valence-corrected chi connectivity index (χ4v) is 2.47. The number of nitrogens with zero attached hydrogens (tertiary/aromatic N) is 2. The van der Waals surface area contributed by atoms with Gasteiger partial charge in [0.15, 0.2) is 0 Å². The van der Waals surface area contributed by atoms with Gasteiger partial charge >= 0.3 is 5.97 Å². The zero-order valence-electron chi connectivity index (χ0n) is 10.1. The van der Waals surface area contributed by atoms with E-state index in [1.54, 1.807) is 19.3 Å². The SMILES string of the molecule is CCOC(=O)C(C)(C)c1nc2cnccc2s1. The second-order valence-corrected chi connectivity index (χ2v) is 5.24. The maximum Gasteiger partial charge on any atom is 0.318 e. The lowest BCUT2D eigenvalue weighted by atomic mass is 9.95. The second-order valence-electron chi connectivity index (χ2n) is 4.21. The number of fused-ring (bicyclic) bond motifs is 1. The first-order valence-electron chi connectivity index (χ1n) is 5.44. The van der Waals surface area contributed by atoms with Crippen LogP contribution in [0.4, 0.5) is 0 Å². The third kappa shape index (κ3) is 2.15.